The normalized spacial score (nSPS) is 12.5. The van der Waals surface area contributed by atoms with Gasteiger partial charge in [-0.3, -0.25) is 0 Å². The van der Waals surface area contributed by atoms with Crippen LogP contribution in [0.5, 0.6) is 0 Å². The van der Waals surface area contributed by atoms with E-state index in [1.807, 2.05) is 0 Å². The zero-order valence-electron chi connectivity index (χ0n) is 6.94. The lowest BCUT2D eigenvalue weighted by molar-refractivity contribution is -0.0584. The van der Waals surface area contributed by atoms with Gasteiger partial charge in [-0.05, 0) is 6.42 Å². The molecule has 0 saturated heterocycles. The zero-order valence-corrected chi connectivity index (χ0v) is 6.94. The average molecular weight is 167 g/mol. The average Bonchev–Trinajstić information content (AvgIpc) is 1.88. The predicted octanol–water partition coefficient (Wildman–Crippen LogP) is 1.95. The molecule has 0 aliphatic rings. The van der Waals surface area contributed by atoms with Crippen LogP contribution in [0.2, 0.25) is 0 Å². The van der Waals surface area contributed by atoms with Crippen LogP contribution >= 0.6 is 0 Å². The SMILES string of the molecule is CC(C)C(F)(F)CCCON. The molecule has 0 bridgehead atoms. The Labute approximate surface area is 65.7 Å². The van der Waals surface area contributed by atoms with Gasteiger partial charge in [-0.1, -0.05) is 13.8 Å². The van der Waals surface area contributed by atoms with Gasteiger partial charge in [0, 0.05) is 12.3 Å². The van der Waals surface area contributed by atoms with Crippen molar-refractivity contribution in [1.29, 1.82) is 0 Å². The van der Waals surface area contributed by atoms with E-state index in [2.05, 4.69) is 10.7 Å². The minimum absolute atomic E-state index is 0.151. The van der Waals surface area contributed by atoms with Crippen LogP contribution in [0.15, 0.2) is 0 Å². The third-order valence-electron chi connectivity index (χ3n) is 1.62. The van der Waals surface area contributed by atoms with E-state index in [9.17, 15) is 8.78 Å². The summed E-state index contributed by atoms with van der Waals surface area (Å²) in [4.78, 5) is 4.18. The first-order valence-electron chi connectivity index (χ1n) is 3.70. The lowest BCUT2D eigenvalue weighted by Gasteiger charge is -2.19. The summed E-state index contributed by atoms with van der Waals surface area (Å²) in [5, 5.41) is 0. The van der Waals surface area contributed by atoms with Crippen LogP contribution in [0, 0.1) is 5.92 Å². The zero-order chi connectivity index (χ0) is 8.91. The Kier molecular flexibility index (Phi) is 4.52. The third-order valence-corrected chi connectivity index (χ3v) is 1.62. The van der Waals surface area contributed by atoms with Crippen LogP contribution in [-0.2, 0) is 4.84 Å². The molecular weight excluding hydrogens is 152 g/mol. The van der Waals surface area contributed by atoms with Crippen LogP contribution in [-0.4, -0.2) is 12.5 Å². The van der Waals surface area contributed by atoms with Crippen molar-refractivity contribution in [3.63, 3.8) is 0 Å². The third kappa shape index (κ3) is 4.27. The summed E-state index contributed by atoms with van der Waals surface area (Å²) in [6.45, 7) is 3.20. The van der Waals surface area contributed by atoms with Crippen molar-refractivity contribution < 1.29 is 13.6 Å². The van der Waals surface area contributed by atoms with Crippen molar-refractivity contribution in [3.8, 4) is 0 Å². The van der Waals surface area contributed by atoms with E-state index < -0.39 is 11.8 Å². The minimum Gasteiger partial charge on any atom is -0.305 e. The quantitative estimate of drug-likeness (QED) is 0.501. The summed E-state index contributed by atoms with van der Waals surface area (Å²) >= 11 is 0. The van der Waals surface area contributed by atoms with Gasteiger partial charge in [-0.2, -0.15) is 0 Å². The molecule has 0 fully saturated rings. The van der Waals surface area contributed by atoms with E-state index in [-0.39, 0.29) is 13.0 Å². The van der Waals surface area contributed by atoms with Crippen LogP contribution < -0.4 is 5.90 Å². The second kappa shape index (κ2) is 4.62. The summed E-state index contributed by atoms with van der Waals surface area (Å²) in [7, 11) is 0. The van der Waals surface area contributed by atoms with Crippen LogP contribution in [0.3, 0.4) is 0 Å². The van der Waals surface area contributed by atoms with Crippen LogP contribution in [0.1, 0.15) is 26.7 Å². The van der Waals surface area contributed by atoms with Gasteiger partial charge < -0.3 is 4.84 Å². The summed E-state index contributed by atoms with van der Waals surface area (Å²) < 4.78 is 25.5. The molecule has 2 N–H and O–H groups in total. The number of halogens is 2. The molecule has 68 valence electrons. The molecule has 0 saturated carbocycles. The number of alkyl halides is 2. The van der Waals surface area contributed by atoms with Crippen LogP contribution in [0.4, 0.5) is 8.78 Å². The lowest BCUT2D eigenvalue weighted by atomic mass is 10.0. The predicted molar refractivity (Wildman–Crippen MR) is 39.2 cm³/mol. The first kappa shape index (κ1) is 10.8. The second-order valence-electron chi connectivity index (χ2n) is 2.89. The van der Waals surface area contributed by atoms with E-state index in [0.717, 1.165) is 0 Å². The Morgan fingerprint density at radius 1 is 1.45 bits per heavy atom. The maximum Gasteiger partial charge on any atom is 0.250 e. The van der Waals surface area contributed by atoms with Crippen molar-refractivity contribution in [1.82, 2.24) is 0 Å². The molecular formula is C7H15F2NO. The molecule has 0 rings (SSSR count). The second-order valence-corrected chi connectivity index (χ2v) is 2.89. The van der Waals surface area contributed by atoms with Gasteiger partial charge in [0.1, 0.15) is 0 Å². The smallest absolute Gasteiger partial charge is 0.250 e. The number of hydrogen-bond donors (Lipinski definition) is 1. The molecule has 0 aromatic rings. The van der Waals surface area contributed by atoms with Crippen molar-refractivity contribution >= 4 is 0 Å². The standard InChI is InChI=1S/C7H15F2NO/c1-6(2)7(8,9)4-3-5-11-10/h6H,3-5,10H2,1-2H3. The monoisotopic (exact) mass is 167 g/mol. The molecule has 0 radical (unpaired) electrons. The maximum absolute atomic E-state index is 12.8. The van der Waals surface area contributed by atoms with Gasteiger partial charge in [-0.15, -0.1) is 0 Å². The lowest BCUT2D eigenvalue weighted by Crippen LogP contribution is -2.24. The van der Waals surface area contributed by atoms with Gasteiger partial charge in [0.2, 0.25) is 0 Å². The number of rotatable bonds is 5. The maximum atomic E-state index is 12.8. The molecule has 0 heterocycles. The van der Waals surface area contributed by atoms with Gasteiger partial charge in [-0.25, -0.2) is 14.7 Å². The van der Waals surface area contributed by atoms with Gasteiger partial charge in [0.05, 0.1) is 6.61 Å². The van der Waals surface area contributed by atoms with E-state index in [0.29, 0.717) is 6.42 Å². The Hall–Kier alpha value is -0.220. The molecule has 2 nitrogen and oxygen atoms in total. The molecule has 0 aromatic carbocycles. The van der Waals surface area contributed by atoms with Crippen molar-refractivity contribution in [2.45, 2.75) is 32.6 Å². The van der Waals surface area contributed by atoms with E-state index in [1.165, 1.54) is 13.8 Å². The highest BCUT2D eigenvalue weighted by Crippen LogP contribution is 2.28. The molecule has 0 spiro atoms. The first-order valence-corrected chi connectivity index (χ1v) is 3.70. The fourth-order valence-electron chi connectivity index (χ4n) is 0.680. The molecule has 0 atom stereocenters. The highest BCUT2D eigenvalue weighted by molar-refractivity contribution is 4.69. The number of hydrogen-bond acceptors (Lipinski definition) is 2. The molecule has 0 amide bonds. The molecule has 11 heavy (non-hydrogen) atoms. The van der Waals surface area contributed by atoms with Crippen LogP contribution in [0.25, 0.3) is 0 Å². The fraction of sp³-hybridized carbons (Fsp3) is 1.00. The van der Waals surface area contributed by atoms with E-state index >= 15 is 0 Å². The molecule has 0 aliphatic carbocycles. The van der Waals surface area contributed by atoms with Gasteiger partial charge in [0.25, 0.3) is 5.92 Å². The Morgan fingerprint density at radius 2 is 2.00 bits per heavy atom. The Morgan fingerprint density at radius 3 is 2.36 bits per heavy atom. The topological polar surface area (TPSA) is 35.2 Å². The largest absolute Gasteiger partial charge is 0.305 e. The molecule has 4 heteroatoms. The first-order chi connectivity index (χ1) is 5.00. The summed E-state index contributed by atoms with van der Waals surface area (Å²) in [6.07, 6.45) is 0.156. The Bertz CT molecular complexity index is 107. The van der Waals surface area contributed by atoms with Crippen molar-refractivity contribution in [2.24, 2.45) is 11.8 Å². The van der Waals surface area contributed by atoms with Gasteiger partial charge >= 0.3 is 0 Å². The highest BCUT2D eigenvalue weighted by Gasteiger charge is 2.32. The van der Waals surface area contributed by atoms with E-state index in [4.69, 9.17) is 0 Å². The summed E-state index contributed by atoms with van der Waals surface area (Å²) in [6, 6.07) is 0. The van der Waals surface area contributed by atoms with Crippen molar-refractivity contribution in [2.75, 3.05) is 6.61 Å². The highest BCUT2D eigenvalue weighted by atomic mass is 19.3. The fourth-order valence-corrected chi connectivity index (χ4v) is 0.680. The molecule has 0 aromatic heterocycles. The molecule has 0 unspecified atom stereocenters. The van der Waals surface area contributed by atoms with Crippen molar-refractivity contribution in [3.05, 3.63) is 0 Å². The Balaban J connectivity index is 3.55. The molecule has 0 aliphatic heterocycles. The number of nitrogens with two attached hydrogens (primary N) is 1. The summed E-state index contributed by atoms with van der Waals surface area (Å²) in [5.74, 6) is 1.49. The minimum atomic E-state index is -2.58. The van der Waals surface area contributed by atoms with Gasteiger partial charge in [0.15, 0.2) is 0 Å². The summed E-state index contributed by atoms with van der Waals surface area (Å²) in [5.41, 5.74) is 0. The van der Waals surface area contributed by atoms with E-state index in [1.54, 1.807) is 0 Å².